The molecule has 0 aromatic carbocycles. The fraction of sp³-hybridized carbons (Fsp3) is 0.875. The summed E-state index contributed by atoms with van der Waals surface area (Å²) in [4.78, 5) is 11.8. The van der Waals surface area contributed by atoms with Crippen LogP contribution in [0.1, 0.15) is 34.1 Å². The first kappa shape index (κ1) is 28.9. The summed E-state index contributed by atoms with van der Waals surface area (Å²) in [5.41, 5.74) is -5.33. The molecule has 0 aromatic rings. The summed E-state index contributed by atoms with van der Waals surface area (Å²) in [7, 11) is 0. The van der Waals surface area contributed by atoms with Gasteiger partial charge >= 0.3 is 0 Å². The zero-order valence-electron chi connectivity index (χ0n) is 21.3. The topological polar surface area (TPSA) is 205 Å². The molecule has 0 radical (unpaired) electrons. The smallest absolute Gasteiger partial charge is 0.187 e. The summed E-state index contributed by atoms with van der Waals surface area (Å²) in [5.74, 6) is -0.241. The molecule has 2 bridgehead atoms. The summed E-state index contributed by atoms with van der Waals surface area (Å²) in [5, 5.41) is 72.1. The minimum absolute atomic E-state index is 0.189. The summed E-state index contributed by atoms with van der Waals surface area (Å²) >= 11 is 0. The van der Waals surface area contributed by atoms with Gasteiger partial charge in [-0.25, -0.2) is 0 Å². The van der Waals surface area contributed by atoms with Crippen LogP contribution in [0.4, 0.5) is 0 Å². The van der Waals surface area contributed by atoms with E-state index in [-0.39, 0.29) is 18.8 Å². The first-order chi connectivity index (χ1) is 17.1. The third-order valence-corrected chi connectivity index (χ3v) is 8.36. The molecule has 12 atom stereocenters. The molecule has 212 valence electrons. The molecule has 0 saturated carbocycles. The average Bonchev–Trinajstić information content (AvgIpc) is 3.37. The number of rotatable bonds is 8. The van der Waals surface area contributed by atoms with Crippen LogP contribution in [0.15, 0.2) is 12.2 Å². The van der Waals surface area contributed by atoms with Crippen molar-refractivity contribution in [3.05, 3.63) is 12.2 Å². The molecule has 4 rings (SSSR count). The van der Waals surface area contributed by atoms with E-state index in [0.717, 1.165) is 0 Å². The zero-order valence-corrected chi connectivity index (χ0v) is 21.3. The fourth-order valence-electron chi connectivity index (χ4n) is 5.97. The van der Waals surface area contributed by atoms with E-state index in [4.69, 9.17) is 23.7 Å². The summed E-state index contributed by atoms with van der Waals surface area (Å²) < 4.78 is 28.9. The van der Waals surface area contributed by atoms with Crippen molar-refractivity contribution < 1.29 is 64.2 Å². The highest BCUT2D eigenvalue weighted by Crippen LogP contribution is 2.62. The van der Waals surface area contributed by atoms with E-state index in [2.05, 4.69) is 0 Å². The van der Waals surface area contributed by atoms with Crippen molar-refractivity contribution in [3.63, 3.8) is 0 Å². The van der Waals surface area contributed by atoms with E-state index < -0.39 is 90.7 Å². The van der Waals surface area contributed by atoms with Crippen LogP contribution in [0.2, 0.25) is 0 Å². The lowest BCUT2D eigenvalue weighted by Crippen LogP contribution is -2.66. The average molecular weight is 535 g/mol. The molecule has 4 aliphatic heterocycles. The largest absolute Gasteiger partial charge is 0.393 e. The van der Waals surface area contributed by atoms with Crippen LogP contribution >= 0.6 is 0 Å². The Morgan fingerprint density at radius 3 is 2.27 bits per heavy atom. The number of aliphatic hydroxyl groups is 7. The minimum atomic E-state index is -1.91. The van der Waals surface area contributed by atoms with Gasteiger partial charge in [0.25, 0.3) is 0 Å². The van der Waals surface area contributed by atoms with Gasteiger partial charge < -0.3 is 59.4 Å². The first-order valence-corrected chi connectivity index (χ1v) is 12.3. The zero-order chi connectivity index (χ0) is 27.6. The Morgan fingerprint density at radius 2 is 1.70 bits per heavy atom. The maximum Gasteiger partial charge on any atom is 0.187 e. The van der Waals surface area contributed by atoms with Crippen molar-refractivity contribution in [1.82, 2.24) is 0 Å². The second kappa shape index (κ2) is 9.84. The number of allylic oxidation sites excluding steroid dienone is 1. The van der Waals surface area contributed by atoms with Crippen LogP contribution in [-0.4, -0.2) is 133 Å². The van der Waals surface area contributed by atoms with E-state index in [0.29, 0.717) is 0 Å². The second-order valence-electron chi connectivity index (χ2n) is 11.3. The number of ketones is 1. The summed E-state index contributed by atoms with van der Waals surface area (Å²) in [6, 6.07) is 0. The molecule has 7 N–H and O–H groups in total. The minimum Gasteiger partial charge on any atom is -0.393 e. The van der Waals surface area contributed by atoms with Crippen molar-refractivity contribution in [2.24, 2.45) is 5.41 Å². The Morgan fingerprint density at radius 1 is 1.03 bits per heavy atom. The van der Waals surface area contributed by atoms with Gasteiger partial charge in [0.05, 0.1) is 32.0 Å². The molecule has 4 saturated heterocycles. The van der Waals surface area contributed by atoms with Gasteiger partial charge in [-0.3, -0.25) is 4.79 Å². The van der Waals surface area contributed by atoms with Gasteiger partial charge in [-0.2, -0.15) is 0 Å². The van der Waals surface area contributed by atoms with E-state index in [9.17, 15) is 40.5 Å². The Kier molecular flexibility index (Phi) is 7.69. The monoisotopic (exact) mass is 534 g/mol. The van der Waals surface area contributed by atoms with E-state index in [1.54, 1.807) is 26.8 Å². The molecule has 13 heteroatoms. The molecule has 4 aliphatic rings. The third-order valence-electron chi connectivity index (χ3n) is 8.36. The number of carbonyl (C=O) groups excluding carboxylic acids is 1. The van der Waals surface area contributed by atoms with Gasteiger partial charge in [0.1, 0.15) is 47.3 Å². The number of ether oxygens (including phenoxy) is 5. The lowest BCUT2D eigenvalue weighted by Gasteiger charge is -2.53. The highest BCUT2D eigenvalue weighted by Gasteiger charge is 2.74. The van der Waals surface area contributed by atoms with E-state index >= 15 is 0 Å². The van der Waals surface area contributed by atoms with Crippen LogP contribution in [-0.2, 0) is 28.5 Å². The number of hydrogen-bond donors (Lipinski definition) is 7. The predicted molar refractivity (Wildman–Crippen MR) is 122 cm³/mol. The van der Waals surface area contributed by atoms with Crippen LogP contribution in [0, 0.1) is 5.41 Å². The standard InChI is InChI=1S/C24H38O13/c1-11(26)5-6-24-21(2,3)17(30)12(36-24)7-22(24,4)37-19-16(29)15(28)14(27)13(35-19)8-33-20-18(31)23(32,9-25)10-34-20/h5-6,12-20,25,27-32H,7-10H2,1-4H3. The second-order valence-corrected chi connectivity index (χ2v) is 11.3. The summed E-state index contributed by atoms with van der Waals surface area (Å²) in [6.07, 6.45) is -9.01. The molecule has 0 aliphatic carbocycles. The number of fused-ring (bicyclic) bond motifs is 2. The Hall–Kier alpha value is -1.07. The van der Waals surface area contributed by atoms with Crippen molar-refractivity contribution in [1.29, 1.82) is 0 Å². The van der Waals surface area contributed by atoms with Crippen LogP contribution in [0.25, 0.3) is 0 Å². The lowest BCUT2D eigenvalue weighted by atomic mass is 9.59. The first-order valence-electron chi connectivity index (χ1n) is 12.3. The fourth-order valence-corrected chi connectivity index (χ4v) is 5.97. The molecule has 0 amide bonds. The van der Waals surface area contributed by atoms with Gasteiger partial charge in [-0.15, -0.1) is 0 Å². The van der Waals surface area contributed by atoms with Crippen molar-refractivity contribution >= 4 is 5.78 Å². The van der Waals surface area contributed by atoms with Gasteiger partial charge in [-0.05, 0) is 26.0 Å². The quantitative estimate of drug-likeness (QED) is 0.156. The number of hydrogen-bond acceptors (Lipinski definition) is 13. The highest BCUT2D eigenvalue weighted by atomic mass is 16.7. The van der Waals surface area contributed by atoms with E-state index in [1.807, 2.05) is 0 Å². The molecule has 4 heterocycles. The van der Waals surface area contributed by atoms with Crippen LogP contribution in [0.3, 0.4) is 0 Å². The lowest BCUT2D eigenvalue weighted by molar-refractivity contribution is -0.344. The van der Waals surface area contributed by atoms with Crippen molar-refractivity contribution in [2.75, 3.05) is 19.8 Å². The maximum absolute atomic E-state index is 11.8. The molecular formula is C24H38O13. The molecule has 13 nitrogen and oxygen atoms in total. The Bertz CT molecular complexity index is 896. The van der Waals surface area contributed by atoms with E-state index in [1.165, 1.54) is 13.0 Å². The molecule has 0 aromatic heterocycles. The molecule has 0 spiro atoms. The summed E-state index contributed by atoms with van der Waals surface area (Å²) in [6.45, 7) is 5.05. The van der Waals surface area contributed by atoms with Crippen molar-refractivity contribution in [2.45, 2.75) is 106 Å². The van der Waals surface area contributed by atoms with Gasteiger partial charge in [0, 0.05) is 11.8 Å². The van der Waals surface area contributed by atoms with Crippen LogP contribution < -0.4 is 0 Å². The molecular weight excluding hydrogens is 496 g/mol. The Balaban J connectivity index is 1.52. The molecule has 37 heavy (non-hydrogen) atoms. The number of carbonyl (C=O) groups is 1. The van der Waals surface area contributed by atoms with Crippen LogP contribution in [0.5, 0.6) is 0 Å². The molecule has 4 fully saturated rings. The Labute approximate surface area is 214 Å². The molecule has 12 unspecified atom stereocenters. The third kappa shape index (κ3) is 4.48. The predicted octanol–water partition coefficient (Wildman–Crippen LogP) is -2.90. The van der Waals surface area contributed by atoms with Gasteiger partial charge in [0.15, 0.2) is 18.4 Å². The normalized spacial score (nSPS) is 51.3. The maximum atomic E-state index is 11.8. The SMILES string of the molecule is CC(=O)C=CC12OC(CC1(C)OC1OC(COC3OCC(O)(CO)C3O)C(O)C(O)C1O)C(O)C2(C)C. The van der Waals surface area contributed by atoms with Gasteiger partial charge in [-0.1, -0.05) is 13.8 Å². The van der Waals surface area contributed by atoms with Gasteiger partial charge in [0.2, 0.25) is 0 Å². The number of aliphatic hydroxyl groups excluding tert-OH is 6. The van der Waals surface area contributed by atoms with Crippen molar-refractivity contribution in [3.8, 4) is 0 Å². The highest BCUT2D eigenvalue weighted by molar-refractivity contribution is 5.87.